The summed E-state index contributed by atoms with van der Waals surface area (Å²) in [6.45, 7) is 3.14. The molecular formula is C14H23N3O. The van der Waals surface area contributed by atoms with Gasteiger partial charge in [0.15, 0.2) is 0 Å². The highest BCUT2D eigenvalue weighted by Gasteiger charge is 2.19. The van der Waals surface area contributed by atoms with Crippen LogP contribution in [0.25, 0.3) is 0 Å². The van der Waals surface area contributed by atoms with Gasteiger partial charge in [0.1, 0.15) is 0 Å². The third-order valence-electron chi connectivity index (χ3n) is 3.68. The Morgan fingerprint density at radius 1 is 1.50 bits per heavy atom. The minimum absolute atomic E-state index is 0.203. The lowest BCUT2D eigenvalue weighted by molar-refractivity contribution is -0.122. The van der Waals surface area contributed by atoms with Crippen LogP contribution in [0, 0.1) is 5.92 Å². The lowest BCUT2D eigenvalue weighted by Crippen LogP contribution is -2.37. The first-order valence-corrected chi connectivity index (χ1v) is 6.99. The van der Waals surface area contributed by atoms with E-state index in [0.717, 1.165) is 31.7 Å². The molecule has 0 spiro atoms. The number of carbonyl (C=O) groups is 1. The number of aryl methyl sites for hydroxylation is 1. The van der Waals surface area contributed by atoms with Gasteiger partial charge >= 0.3 is 0 Å². The summed E-state index contributed by atoms with van der Waals surface area (Å²) in [6, 6.07) is 0.412. The molecule has 1 aromatic heterocycles. The van der Waals surface area contributed by atoms with Gasteiger partial charge in [-0.1, -0.05) is 19.8 Å². The predicted octanol–water partition coefficient (Wildman–Crippen LogP) is 2.36. The van der Waals surface area contributed by atoms with Crippen molar-refractivity contribution in [3.63, 3.8) is 0 Å². The van der Waals surface area contributed by atoms with Crippen LogP contribution in [0.1, 0.15) is 45.4 Å². The van der Waals surface area contributed by atoms with Crippen LogP contribution >= 0.6 is 0 Å². The van der Waals surface area contributed by atoms with Gasteiger partial charge in [-0.05, 0) is 25.2 Å². The van der Waals surface area contributed by atoms with Gasteiger partial charge in [0.2, 0.25) is 5.91 Å². The second kappa shape index (κ2) is 6.57. The quantitative estimate of drug-likeness (QED) is 0.870. The van der Waals surface area contributed by atoms with E-state index in [4.69, 9.17) is 0 Å². The molecule has 0 bridgehead atoms. The Labute approximate surface area is 109 Å². The first-order valence-electron chi connectivity index (χ1n) is 6.99. The fourth-order valence-corrected chi connectivity index (χ4v) is 2.71. The molecule has 1 heterocycles. The molecule has 1 fully saturated rings. The van der Waals surface area contributed by atoms with Crippen molar-refractivity contribution >= 4 is 5.91 Å². The van der Waals surface area contributed by atoms with E-state index >= 15 is 0 Å². The minimum Gasteiger partial charge on any atom is -0.353 e. The van der Waals surface area contributed by atoms with E-state index in [9.17, 15) is 4.79 Å². The Kier molecular flexibility index (Phi) is 4.79. The van der Waals surface area contributed by atoms with Crippen molar-refractivity contribution in [2.75, 3.05) is 0 Å². The zero-order valence-corrected chi connectivity index (χ0v) is 11.1. The summed E-state index contributed by atoms with van der Waals surface area (Å²) in [5.41, 5.74) is 0. The molecule has 1 N–H and O–H groups in total. The maximum Gasteiger partial charge on any atom is 0.220 e. The molecule has 1 aliphatic carbocycles. The van der Waals surface area contributed by atoms with Gasteiger partial charge in [-0.15, -0.1) is 0 Å². The molecule has 4 heteroatoms. The molecule has 0 saturated heterocycles. The third kappa shape index (κ3) is 4.17. The number of hydrogen-bond acceptors (Lipinski definition) is 2. The van der Waals surface area contributed by atoms with Gasteiger partial charge in [-0.3, -0.25) is 4.79 Å². The van der Waals surface area contributed by atoms with Crippen molar-refractivity contribution in [2.24, 2.45) is 5.92 Å². The van der Waals surface area contributed by atoms with Crippen LogP contribution in [0.3, 0.4) is 0 Å². The first kappa shape index (κ1) is 13.1. The van der Waals surface area contributed by atoms with Crippen molar-refractivity contribution in [3.8, 4) is 0 Å². The van der Waals surface area contributed by atoms with E-state index in [1.165, 1.54) is 12.8 Å². The fourth-order valence-electron chi connectivity index (χ4n) is 2.71. The van der Waals surface area contributed by atoms with E-state index in [1.807, 2.05) is 10.8 Å². The van der Waals surface area contributed by atoms with Gasteiger partial charge in [-0.25, -0.2) is 4.98 Å². The van der Waals surface area contributed by atoms with E-state index in [1.54, 1.807) is 12.5 Å². The smallest absolute Gasteiger partial charge is 0.220 e. The van der Waals surface area contributed by atoms with Crippen LogP contribution in [0.5, 0.6) is 0 Å². The summed E-state index contributed by atoms with van der Waals surface area (Å²) in [7, 11) is 0. The topological polar surface area (TPSA) is 46.9 Å². The fraction of sp³-hybridized carbons (Fsp3) is 0.714. The molecule has 0 aromatic carbocycles. The first-order chi connectivity index (χ1) is 8.74. The second-order valence-corrected chi connectivity index (χ2v) is 5.44. The number of carbonyl (C=O) groups excluding carboxylic acids is 1. The van der Waals surface area contributed by atoms with Crippen LogP contribution in [0.15, 0.2) is 18.7 Å². The van der Waals surface area contributed by atoms with Crippen LogP contribution in [0.4, 0.5) is 0 Å². The normalized spacial score (nSPS) is 23.8. The zero-order chi connectivity index (χ0) is 12.8. The Bertz CT molecular complexity index is 361. The van der Waals surface area contributed by atoms with Gasteiger partial charge in [0.05, 0.1) is 6.33 Å². The molecule has 1 amide bonds. The average Bonchev–Trinajstić information content (AvgIpc) is 2.82. The van der Waals surface area contributed by atoms with E-state index in [2.05, 4.69) is 17.2 Å². The monoisotopic (exact) mass is 249 g/mol. The number of rotatable bonds is 5. The van der Waals surface area contributed by atoms with E-state index in [0.29, 0.717) is 12.5 Å². The summed E-state index contributed by atoms with van der Waals surface area (Å²) in [5, 5.41) is 3.17. The highest BCUT2D eigenvalue weighted by Crippen LogP contribution is 2.23. The highest BCUT2D eigenvalue weighted by atomic mass is 16.1. The van der Waals surface area contributed by atoms with Crippen LogP contribution < -0.4 is 5.32 Å². The second-order valence-electron chi connectivity index (χ2n) is 5.44. The molecular weight excluding hydrogens is 226 g/mol. The highest BCUT2D eigenvalue weighted by molar-refractivity contribution is 5.76. The number of hydrogen-bond donors (Lipinski definition) is 1. The summed E-state index contributed by atoms with van der Waals surface area (Å²) in [5.74, 6) is 0.962. The molecule has 100 valence electrons. The largest absolute Gasteiger partial charge is 0.353 e. The Morgan fingerprint density at radius 2 is 2.39 bits per heavy atom. The molecule has 2 atom stereocenters. The molecule has 0 radical (unpaired) electrons. The SMILES string of the molecule is C[C@H]1CCC[C@H](NC(=O)CCCn2ccnc2)C1. The Morgan fingerprint density at radius 3 is 3.11 bits per heavy atom. The van der Waals surface area contributed by atoms with Gasteiger partial charge in [0, 0.05) is 31.4 Å². The summed E-state index contributed by atoms with van der Waals surface area (Å²) < 4.78 is 2.01. The third-order valence-corrected chi connectivity index (χ3v) is 3.68. The lowest BCUT2D eigenvalue weighted by atomic mass is 9.87. The summed E-state index contributed by atoms with van der Waals surface area (Å²) in [6.07, 6.45) is 11.8. The van der Waals surface area contributed by atoms with Crippen molar-refractivity contribution in [3.05, 3.63) is 18.7 Å². The number of amides is 1. The molecule has 0 aliphatic heterocycles. The molecule has 18 heavy (non-hydrogen) atoms. The molecule has 1 aliphatic rings. The lowest BCUT2D eigenvalue weighted by Gasteiger charge is -2.27. The molecule has 0 unspecified atom stereocenters. The number of aromatic nitrogens is 2. The molecule has 1 saturated carbocycles. The molecule has 2 rings (SSSR count). The van der Waals surface area contributed by atoms with Crippen molar-refractivity contribution < 1.29 is 4.79 Å². The minimum atomic E-state index is 0.203. The van der Waals surface area contributed by atoms with E-state index in [-0.39, 0.29) is 5.91 Å². The Balaban J connectivity index is 1.62. The molecule has 4 nitrogen and oxygen atoms in total. The van der Waals surface area contributed by atoms with Crippen molar-refractivity contribution in [2.45, 2.75) is 58.0 Å². The Hall–Kier alpha value is -1.32. The van der Waals surface area contributed by atoms with Crippen molar-refractivity contribution in [1.82, 2.24) is 14.9 Å². The standard InChI is InChI=1S/C14H23N3O/c1-12-4-2-5-13(10-12)16-14(18)6-3-8-17-9-7-15-11-17/h7,9,11-13H,2-6,8,10H2,1H3,(H,16,18)/t12-,13-/m0/s1. The number of nitrogens with one attached hydrogen (secondary N) is 1. The maximum absolute atomic E-state index is 11.8. The van der Waals surface area contributed by atoms with Gasteiger partial charge in [0.25, 0.3) is 0 Å². The number of imidazole rings is 1. The summed E-state index contributed by atoms with van der Waals surface area (Å²) >= 11 is 0. The van der Waals surface area contributed by atoms with Crippen LogP contribution in [-0.2, 0) is 11.3 Å². The average molecular weight is 249 g/mol. The van der Waals surface area contributed by atoms with Gasteiger partial charge < -0.3 is 9.88 Å². The van der Waals surface area contributed by atoms with Crippen LogP contribution in [0.2, 0.25) is 0 Å². The van der Waals surface area contributed by atoms with Crippen molar-refractivity contribution in [1.29, 1.82) is 0 Å². The van der Waals surface area contributed by atoms with E-state index < -0.39 is 0 Å². The molecule has 1 aromatic rings. The predicted molar refractivity (Wildman–Crippen MR) is 71.0 cm³/mol. The van der Waals surface area contributed by atoms with Gasteiger partial charge in [-0.2, -0.15) is 0 Å². The maximum atomic E-state index is 11.8. The van der Waals surface area contributed by atoms with Crippen LogP contribution in [-0.4, -0.2) is 21.5 Å². The summed E-state index contributed by atoms with van der Waals surface area (Å²) in [4.78, 5) is 15.8. The number of nitrogens with zero attached hydrogens (tertiary/aromatic N) is 2. The zero-order valence-electron chi connectivity index (χ0n) is 11.1.